The molecule has 1 rings (SSSR count). The van der Waals surface area contributed by atoms with Crippen LogP contribution in [-0.2, 0) is 0 Å². The lowest BCUT2D eigenvalue weighted by Crippen LogP contribution is -2.48. The van der Waals surface area contributed by atoms with Gasteiger partial charge in [-0.25, -0.2) is 4.79 Å². The van der Waals surface area contributed by atoms with E-state index in [1.165, 1.54) is 12.8 Å². The van der Waals surface area contributed by atoms with E-state index in [4.69, 9.17) is 0 Å². The molecule has 1 saturated carbocycles. The summed E-state index contributed by atoms with van der Waals surface area (Å²) in [4.78, 5) is 14.2. The quantitative estimate of drug-likeness (QED) is 0.817. The molecule has 1 aliphatic carbocycles. The Kier molecular flexibility index (Phi) is 6.09. The molecule has 4 nitrogen and oxygen atoms in total. The number of hydrogen-bond acceptors (Lipinski definition) is 2. The van der Waals surface area contributed by atoms with Crippen molar-refractivity contribution in [1.82, 2.24) is 10.2 Å². The zero-order chi connectivity index (χ0) is 16.3. The van der Waals surface area contributed by atoms with Crippen LogP contribution in [-0.4, -0.2) is 41.8 Å². The molecule has 0 heterocycles. The second-order valence-electron chi connectivity index (χ2n) is 8.38. The number of amides is 2. The van der Waals surface area contributed by atoms with Gasteiger partial charge in [-0.2, -0.15) is 0 Å². The second-order valence-corrected chi connectivity index (χ2v) is 8.38. The van der Waals surface area contributed by atoms with Crippen LogP contribution in [0.25, 0.3) is 0 Å². The van der Waals surface area contributed by atoms with Crippen LogP contribution in [0.3, 0.4) is 0 Å². The molecule has 1 aliphatic rings. The van der Waals surface area contributed by atoms with Gasteiger partial charge in [-0.05, 0) is 49.9 Å². The van der Waals surface area contributed by atoms with E-state index in [0.29, 0.717) is 24.4 Å². The highest BCUT2D eigenvalue weighted by atomic mass is 16.3. The van der Waals surface area contributed by atoms with Crippen LogP contribution in [0.5, 0.6) is 0 Å². The maximum absolute atomic E-state index is 12.3. The standard InChI is InChI=1S/C17H34N2O2/c1-13(20)11-17(4,5)12-18-15(21)19(6)14-7-9-16(2,3)10-8-14/h13-14,20H,7-12H2,1-6H3,(H,18,21). The molecule has 1 atom stereocenters. The van der Waals surface area contributed by atoms with E-state index in [9.17, 15) is 9.90 Å². The molecular weight excluding hydrogens is 264 g/mol. The minimum atomic E-state index is -0.338. The summed E-state index contributed by atoms with van der Waals surface area (Å²) in [6.45, 7) is 11.1. The fourth-order valence-corrected chi connectivity index (χ4v) is 3.25. The average Bonchev–Trinajstić information content (AvgIpc) is 2.33. The highest BCUT2D eigenvalue weighted by Crippen LogP contribution is 2.36. The largest absolute Gasteiger partial charge is 0.393 e. The molecule has 21 heavy (non-hydrogen) atoms. The molecule has 1 fully saturated rings. The Labute approximate surface area is 130 Å². The number of nitrogens with one attached hydrogen (secondary N) is 1. The van der Waals surface area contributed by atoms with Gasteiger partial charge in [0.2, 0.25) is 0 Å². The number of nitrogens with zero attached hydrogens (tertiary/aromatic N) is 1. The first-order valence-electron chi connectivity index (χ1n) is 8.21. The van der Waals surface area contributed by atoms with Crippen molar-refractivity contribution in [2.45, 2.75) is 78.9 Å². The van der Waals surface area contributed by atoms with Crippen molar-refractivity contribution in [2.75, 3.05) is 13.6 Å². The molecule has 0 radical (unpaired) electrons. The molecule has 2 amide bonds. The molecular formula is C17H34N2O2. The Hall–Kier alpha value is -0.770. The van der Waals surface area contributed by atoms with Crippen LogP contribution in [0.4, 0.5) is 4.79 Å². The maximum Gasteiger partial charge on any atom is 0.317 e. The predicted octanol–water partition coefficient (Wildman–Crippen LogP) is 3.39. The van der Waals surface area contributed by atoms with Crippen LogP contribution >= 0.6 is 0 Å². The molecule has 2 N–H and O–H groups in total. The number of carbonyl (C=O) groups excluding carboxylic acids is 1. The van der Waals surface area contributed by atoms with Gasteiger partial charge in [0.25, 0.3) is 0 Å². The summed E-state index contributed by atoms with van der Waals surface area (Å²) >= 11 is 0. The lowest BCUT2D eigenvalue weighted by Gasteiger charge is -2.39. The van der Waals surface area contributed by atoms with Crippen molar-refractivity contribution in [3.63, 3.8) is 0 Å². The molecule has 0 saturated heterocycles. The number of aliphatic hydroxyl groups is 1. The third-order valence-corrected chi connectivity index (χ3v) is 4.74. The number of rotatable bonds is 5. The van der Waals surface area contributed by atoms with Gasteiger partial charge < -0.3 is 15.3 Å². The van der Waals surface area contributed by atoms with Gasteiger partial charge in [-0.1, -0.05) is 27.7 Å². The molecule has 0 aliphatic heterocycles. The minimum Gasteiger partial charge on any atom is -0.393 e. The Morgan fingerprint density at radius 2 is 1.90 bits per heavy atom. The number of carbonyl (C=O) groups is 1. The highest BCUT2D eigenvalue weighted by molar-refractivity contribution is 5.74. The van der Waals surface area contributed by atoms with Crippen LogP contribution in [0.2, 0.25) is 0 Å². The van der Waals surface area contributed by atoms with E-state index in [2.05, 4.69) is 33.0 Å². The number of aliphatic hydroxyl groups excluding tert-OH is 1. The third-order valence-electron chi connectivity index (χ3n) is 4.74. The summed E-state index contributed by atoms with van der Waals surface area (Å²) in [5.41, 5.74) is 0.340. The summed E-state index contributed by atoms with van der Waals surface area (Å²) in [7, 11) is 1.90. The van der Waals surface area contributed by atoms with Crippen LogP contribution in [0, 0.1) is 10.8 Å². The van der Waals surface area contributed by atoms with E-state index in [1.54, 1.807) is 6.92 Å². The van der Waals surface area contributed by atoms with Gasteiger partial charge in [-0.15, -0.1) is 0 Å². The van der Waals surface area contributed by atoms with Gasteiger partial charge in [0.1, 0.15) is 0 Å². The van der Waals surface area contributed by atoms with E-state index in [-0.39, 0.29) is 17.6 Å². The van der Waals surface area contributed by atoms with Gasteiger partial charge in [0.15, 0.2) is 0 Å². The summed E-state index contributed by atoms with van der Waals surface area (Å²) in [6.07, 6.45) is 4.90. The van der Waals surface area contributed by atoms with Gasteiger partial charge in [-0.3, -0.25) is 0 Å². The Bertz CT molecular complexity index is 341. The predicted molar refractivity (Wildman–Crippen MR) is 87.3 cm³/mol. The molecule has 124 valence electrons. The van der Waals surface area contributed by atoms with Crippen LogP contribution in [0.15, 0.2) is 0 Å². The summed E-state index contributed by atoms with van der Waals surface area (Å²) in [5.74, 6) is 0. The zero-order valence-corrected chi connectivity index (χ0v) is 14.7. The van der Waals surface area contributed by atoms with Crippen molar-refractivity contribution < 1.29 is 9.90 Å². The first-order valence-corrected chi connectivity index (χ1v) is 8.21. The van der Waals surface area contributed by atoms with Gasteiger partial charge in [0.05, 0.1) is 6.10 Å². The molecule has 1 unspecified atom stereocenters. The molecule has 0 bridgehead atoms. The normalized spacial score (nSPS) is 20.9. The number of urea groups is 1. The monoisotopic (exact) mass is 298 g/mol. The first-order chi connectivity index (χ1) is 9.52. The Morgan fingerprint density at radius 1 is 1.38 bits per heavy atom. The van der Waals surface area contributed by atoms with Crippen molar-refractivity contribution >= 4 is 6.03 Å². The van der Waals surface area contributed by atoms with Crippen molar-refractivity contribution in [1.29, 1.82) is 0 Å². The summed E-state index contributed by atoms with van der Waals surface area (Å²) < 4.78 is 0. The zero-order valence-electron chi connectivity index (χ0n) is 14.7. The lowest BCUT2D eigenvalue weighted by atomic mass is 9.75. The number of hydrogen-bond donors (Lipinski definition) is 2. The van der Waals surface area contributed by atoms with Gasteiger partial charge >= 0.3 is 6.03 Å². The first kappa shape index (κ1) is 18.3. The van der Waals surface area contributed by atoms with Crippen LogP contribution < -0.4 is 5.32 Å². The Morgan fingerprint density at radius 3 is 2.38 bits per heavy atom. The van der Waals surface area contributed by atoms with E-state index in [1.807, 2.05) is 11.9 Å². The van der Waals surface area contributed by atoms with Crippen LogP contribution in [0.1, 0.15) is 66.7 Å². The SMILES string of the molecule is CC(O)CC(C)(C)CNC(=O)N(C)C1CCC(C)(C)CC1. The van der Waals surface area contributed by atoms with E-state index < -0.39 is 0 Å². The molecule has 0 aromatic rings. The topological polar surface area (TPSA) is 52.6 Å². The smallest absolute Gasteiger partial charge is 0.317 e. The average molecular weight is 298 g/mol. The molecule has 0 spiro atoms. The van der Waals surface area contributed by atoms with E-state index >= 15 is 0 Å². The minimum absolute atomic E-state index is 0.0124. The molecule has 4 heteroatoms. The highest BCUT2D eigenvalue weighted by Gasteiger charge is 2.31. The second kappa shape index (κ2) is 6.99. The molecule has 0 aromatic carbocycles. The lowest BCUT2D eigenvalue weighted by molar-refractivity contribution is 0.118. The van der Waals surface area contributed by atoms with Crippen molar-refractivity contribution in [3.8, 4) is 0 Å². The maximum atomic E-state index is 12.3. The molecule has 0 aromatic heterocycles. The van der Waals surface area contributed by atoms with E-state index in [0.717, 1.165) is 12.8 Å². The fraction of sp³-hybridized carbons (Fsp3) is 0.941. The third kappa shape index (κ3) is 6.25. The van der Waals surface area contributed by atoms with Crippen molar-refractivity contribution in [2.24, 2.45) is 10.8 Å². The Balaban J connectivity index is 2.41. The van der Waals surface area contributed by atoms with Crippen molar-refractivity contribution in [3.05, 3.63) is 0 Å². The summed E-state index contributed by atoms with van der Waals surface area (Å²) in [5, 5.41) is 12.5. The summed E-state index contributed by atoms with van der Waals surface area (Å²) in [6, 6.07) is 0.372. The van der Waals surface area contributed by atoms with Gasteiger partial charge in [0, 0.05) is 19.6 Å². The fourth-order valence-electron chi connectivity index (χ4n) is 3.25.